The standard InChI is InChI=1S/C21H24F3NO2/c1-13(2)18-10-15-4-3-5-16(11-19(26)27)20(15)25(18)12-14-6-8-17(9-7-14)21(22,23)24/h6-10,13,16H,3-5,11-12H2,1-2H3,(H,26,27). The molecule has 0 radical (unpaired) electrons. The number of carbonyl (C=O) groups is 1. The quantitative estimate of drug-likeness (QED) is 0.738. The molecule has 3 rings (SSSR count). The molecule has 0 fully saturated rings. The highest BCUT2D eigenvalue weighted by Gasteiger charge is 2.31. The van der Waals surface area contributed by atoms with E-state index >= 15 is 0 Å². The van der Waals surface area contributed by atoms with Crippen LogP contribution in [0.4, 0.5) is 13.2 Å². The number of benzene rings is 1. The number of hydrogen-bond acceptors (Lipinski definition) is 1. The van der Waals surface area contributed by atoms with E-state index in [4.69, 9.17) is 0 Å². The molecule has 1 N–H and O–H groups in total. The van der Waals surface area contributed by atoms with Crippen LogP contribution in [0.2, 0.25) is 0 Å². The van der Waals surface area contributed by atoms with Crippen molar-refractivity contribution in [3.05, 3.63) is 58.4 Å². The number of halogens is 3. The molecule has 1 aromatic heterocycles. The van der Waals surface area contributed by atoms with Crippen molar-refractivity contribution in [3.63, 3.8) is 0 Å². The van der Waals surface area contributed by atoms with Crippen LogP contribution in [0.3, 0.4) is 0 Å². The Bertz CT molecular complexity index is 819. The number of alkyl halides is 3. The van der Waals surface area contributed by atoms with Gasteiger partial charge in [-0.3, -0.25) is 4.79 Å². The molecule has 0 saturated heterocycles. The number of nitrogens with zero attached hydrogens (tertiary/aromatic N) is 1. The molecule has 1 atom stereocenters. The zero-order valence-electron chi connectivity index (χ0n) is 15.5. The lowest BCUT2D eigenvalue weighted by atomic mass is 9.85. The summed E-state index contributed by atoms with van der Waals surface area (Å²) in [6.07, 6.45) is -1.55. The molecule has 3 nitrogen and oxygen atoms in total. The van der Waals surface area contributed by atoms with Crippen molar-refractivity contribution in [2.24, 2.45) is 0 Å². The highest BCUT2D eigenvalue weighted by atomic mass is 19.4. The summed E-state index contributed by atoms with van der Waals surface area (Å²) >= 11 is 0. The predicted octanol–water partition coefficient (Wildman–Crippen LogP) is 5.57. The van der Waals surface area contributed by atoms with E-state index in [-0.39, 0.29) is 18.3 Å². The largest absolute Gasteiger partial charge is 0.481 e. The Hall–Kier alpha value is -2.24. The molecule has 0 saturated carbocycles. The summed E-state index contributed by atoms with van der Waals surface area (Å²) in [5.74, 6) is -0.620. The topological polar surface area (TPSA) is 42.2 Å². The average Bonchev–Trinajstić information content (AvgIpc) is 2.94. The van der Waals surface area contributed by atoms with Gasteiger partial charge in [0.25, 0.3) is 0 Å². The second-order valence-electron chi connectivity index (χ2n) is 7.60. The van der Waals surface area contributed by atoms with Crippen molar-refractivity contribution >= 4 is 5.97 Å². The normalized spacial score (nSPS) is 17.2. The zero-order chi connectivity index (χ0) is 19.8. The van der Waals surface area contributed by atoms with E-state index in [0.717, 1.165) is 48.3 Å². The van der Waals surface area contributed by atoms with E-state index in [2.05, 4.69) is 24.5 Å². The molecule has 0 bridgehead atoms. The molecule has 0 amide bonds. The van der Waals surface area contributed by atoms with Gasteiger partial charge in [-0.25, -0.2) is 0 Å². The van der Waals surface area contributed by atoms with Crippen LogP contribution in [-0.2, 0) is 23.9 Å². The summed E-state index contributed by atoms with van der Waals surface area (Å²) < 4.78 is 40.5. The van der Waals surface area contributed by atoms with Crippen molar-refractivity contribution in [3.8, 4) is 0 Å². The maximum atomic E-state index is 12.8. The maximum Gasteiger partial charge on any atom is 0.416 e. The van der Waals surface area contributed by atoms with Crippen molar-refractivity contribution in [1.82, 2.24) is 4.57 Å². The molecule has 6 heteroatoms. The molecule has 1 aliphatic carbocycles. The fraction of sp³-hybridized carbons (Fsp3) is 0.476. The van der Waals surface area contributed by atoms with Gasteiger partial charge in [0.2, 0.25) is 0 Å². The van der Waals surface area contributed by atoms with Crippen LogP contribution in [0.1, 0.15) is 73.0 Å². The smallest absolute Gasteiger partial charge is 0.416 e. The SMILES string of the molecule is CC(C)c1cc2c(n1Cc1ccc(C(F)(F)F)cc1)C(CC(=O)O)CCC2. The van der Waals surface area contributed by atoms with Crippen LogP contribution in [0.5, 0.6) is 0 Å². The Balaban J connectivity index is 1.98. The van der Waals surface area contributed by atoms with Gasteiger partial charge < -0.3 is 9.67 Å². The second kappa shape index (κ2) is 7.41. The second-order valence-corrected chi connectivity index (χ2v) is 7.60. The molecular formula is C21H24F3NO2. The van der Waals surface area contributed by atoms with Gasteiger partial charge in [0, 0.05) is 23.9 Å². The van der Waals surface area contributed by atoms with E-state index in [1.54, 1.807) is 0 Å². The van der Waals surface area contributed by atoms with E-state index in [0.29, 0.717) is 6.54 Å². The number of aromatic nitrogens is 1. The minimum atomic E-state index is -4.35. The third kappa shape index (κ3) is 4.20. The molecule has 27 heavy (non-hydrogen) atoms. The maximum absolute atomic E-state index is 12.8. The monoisotopic (exact) mass is 379 g/mol. The van der Waals surface area contributed by atoms with E-state index in [1.807, 2.05) is 0 Å². The Morgan fingerprint density at radius 2 is 1.93 bits per heavy atom. The number of rotatable bonds is 5. The van der Waals surface area contributed by atoms with Crippen LogP contribution in [0.25, 0.3) is 0 Å². The highest BCUT2D eigenvalue weighted by Crippen LogP contribution is 2.38. The number of aliphatic carboxylic acids is 1. The average molecular weight is 379 g/mol. The minimum absolute atomic E-state index is 0.0480. The van der Waals surface area contributed by atoms with Crippen molar-refractivity contribution in [2.45, 2.75) is 64.1 Å². The van der Waals surface area contributed by atoms with E-state index in [1.165, 1.54) is 17.7 Å². The van der Waals surface area contributed by atoms with E-state index in [9.17, 15) is 23.1 Å². The first kappa shape index (κ1) is 19.5. The summed E-state index contributed by atoms with van der Waals surface area (Å²) in [5.41, 5.74) is 3.46. The zero-order valence-corrected chi connectivity index (χ0v) is 15.5. The summed E-state index contributed by atoms with van der Waals surface area (Å²) in [6, 6.07) is 7.38. The molecule has 1 unspecified atom stereocenters. The fourth-order valence-electron chi connectivity index (χ4n) is 4.05. The molecule has 2 aromatic rings. The van der Waals surface area contributed by atoms with Gasteiger partial charge in [0.05, 0.1) is 12.0 Å². The third-order valence-electron chi connectivity index (χ3n) is 5.27. The summed E-state index contributed by atoms with van der Waals surface area (Å²) in [7, 11) is 0. The van der Waals surface area contributed by atoms with E-state index < -0.39 is 17.7 Å². The summed E-state index contributed by atoms with van der Waals surface area (Å²) in [4.78, 5) is 11.3. The molecule has 0 aliphatic heterocycles. The van der Waals surface area contributed by atoms with Crippen molar-refractivity contribution < 1.29 is 23.1 Å². The Morgan fingerprint density at radius 3 is 2.48 bits per heavy atom. The van der Waals surface area contributed by atoms with Gasteiger partial charge in [-0.15, -0.1) is 0 Å². The van der Waals surface area contributed by atoms with Crippen LogP contribution in [0, 0.1) is 0 Å². The lowest BCUT2D eigenvalue weighted by molar-refractivity contribution is -0.138. The molecule has 1 heterocycles. The lowest BCUT2D eigenvalue weighted by Crippen LogP contribution is -2.19. The molecule has 146 valence electrons. The summed E-state index contributed by atoms with van der Waals surface area (Å²) in [5, 5.41) is 9.28. The van der Waals surface area contributed by atoms with Gasteiger partial charge in [0.1, 0.15) is 0 Å². The first-order valence-electron chi connectivity index (χ1n) is 9.27. The Kier molecular flexibility index (Phi) is 5.36. The van der Waals surface area contributed by atoms with Gasteiger partial charge >= 0.3 is 12.1 Å². The van der Waals surface area contributed by atoms with Crippen LogP contribution >= 0.6 is 0 Å². The van der Waals surface area contributed by atoms with Crippen molar-refractivity contribution in [2.75, 3.05) is 0 Å². The van der Waals surface area contributed by atoms with Gasteiger partial charge in [0.15, 0.2) is 0 Å². The number of aryl methyl sites for hydroxylation is 1. The van der Waals surface area contributed by atoms with Gasteiger partial charge in [-0.1, -0.05) is 26.0 Å². The minimum Gasteiger partial charge on any atom is -0.481 e. The van der Waals surface area contributed by atoms with Crippen LogP contribution in [0.15, 0.2) is 30.3 Å². The Morgan fingerprint density at radius 1 is 1.26 bits per heavy atom. The van der Waals surface area contributed by atoms with Gasteiger partial charge in [-0.2, -0.15) is 13.2 Å². The first-order valence-corrected chi connectivity index (χ1v) is 9.27. The van der Waals surface area contributed by atoms with Crippen LogP contribution < -0.4 is 0 Å². The Labute approximate surface area is 156 Å². The number of hydrogen-bond donors (Lipinski definition) is 1. The van der Waals surface area contributed by atoms with Gasteiger partial charge in [-0.05, 0) is 54.5 Å². The molecule has 1 aliphatic rings. The number of carboxylic acid groups (broad SMARTS) is 1. The lowest BCUT2D eigenvalue weighted by Gasteiger charge is -2.25. The third-order valence-corrected chi connectivity index (χ3v) is 5.27. The molecular weight excluding hydrogens is 355 g/mol. The fourth-order valence-corrected chi connectivity index (χ4v) is 4.05. The first-order chi connectivity index (χ1) is 12.7. The molecule has 0 spiro atoms. The highest BCUT2D eigenvalue weighted by molar-refractivity contribution is 5.68. The van der Waals surface area contributed by atoms with Crippen molar-refractivity contribution in [1.29, 1.82) is 0 Å². The number of carboxylic acids is 1. The van der Waals surface area contributed by atoms with Crippen LogP contribution in [-0.4, -0.2) is 15.6 Å². The predicted molar refractivity (Wildman–Crippen MR) is 97.0 cm³/mol. The summed E-state index contributed by atoms with van der Waals surface area (Å²) in [6.45, 7) is 4.61. The number of fused-ring (bicyclic) bond motifs is 1. The molecule has 1 aromatic carbocycles.